The van der Waals surface area contributed by atoms with Crippen molar-refractivity contribution in [3.05, 3.63) is 12.2 Å². The molecule has 0 aliphatic carbocycles. The fraction of sp³-hybridized carbons (Fsp3) is 0.800. The molecular formula is C10H20. The van der Waals surface area contributed by atoms with E-state index in [1.54, 1.807) is 0 Å². The predicted octanol–water partition coefficient (Wildman–Crippen LogP) is 3.78. The Morgan fingerprint density at radius 1 is 1.30 bits per heavy atom. The van der Waals surface area contributed by atoms with Gasteiger partial charge in [-0.1, -0.05) is 32.3 Å². The Bertz CT molecular complexity index is 88.2. The summed E-state index contributed by atoms with van der Waals surface area (Å²) in [5.74, 6) is 0.927. The van der Waals surface area contributed by atoms with Crippen molar-refractivity contribution >= 4 is 0 Å². The van der Waals surface area contributed by atoms with Gasteiger partial charge >= 0.3 is 0 Å². The molecule has 0 heterocycles. The molecule has 0 aromatic heterocycles. The summed E-state index contributed by atoms with van der Waals surface area (Å²) in [6, 6.07) is 0. The molecule has 0 aliphatic heterocycles. The molecule has 0 fully saturated rings. The van der Waals surface area contributed by atoms with Crippen molar-refractivity contribution in [3.8, 4) is 0 Å². The van der Waals surface area contributed by atoms with Gasteiger partial charge in [-0.3, -0.25) is 0 Å². The Hall–Kier alpha value is -0.260. The van der Waals surface area contributed by atoms with Gasteiger partial charge in [-0.15, -0.1) is 6.58 Å². The lowest BCUT2D eigenvalue weighted by atomic mass is 9.96. The maximum Gasteiger partial charge on any atom is -0.0323 e. The number of hydrogen-bond acceptors (Lipinski definition) is 0. The summed E-state index contributed by atoms with van der Waals surface area (Å²) < 4.78 is 0. The second-order valence-electron chi connectivity index (χ2n) is 3.18. The first kappa shape index (κ1) is 9.74. The molecule has 0 aliphatic rings. The van der Waals surface area contributed by atoms with Gasteiger partial charge in [0.05, 0.1) is 0 Å². The number of hydrogen-bond donors (Lipinski definition) is 0. The third-order valence-corrected chi connectivity index (χ3v) is 2.13. The summed E-state index contributed by atoms with van der Waals surface area (Å²) in [7, 11) is 0. The van der Waals surface area contributed by atoms with E-state index in [-0.39, 0.29) is 0 Å². The SMILES string of the molecule is C=C(C)CCC(CC)CC. The highest BCUT2D eigenvalue weighted by molar-refractivity contribution is 4.87. The molecule has 0 heteroatoms. The van der Waals surface area contributed by atoms with E-state index in [1.165, 1.54) is 31.3 Å². The van der Waals surface area contributed by atoms with Crippen LogP contribution in [0.15, 0.2) is 12.2 Å². The highest BCUT2D eigenvalue weighted by Gasteiger charge is 2.01. The van der Waals surface area contributed by atoms with Gasteiger partial charge in [0, 0.05) is 0 Å². The second kappa shape index (κ2) is 5.52. The van der Waals surface area contributed by atoms with Crippen molar-refractivity contribution in [2.24, 2.45) is 5.92 Å². The second-order valence-corrected chi connectivity index (χ2v) is 3.18. The normalized spacial score (nSPS) is 10.4. The first-order valence-corrected chi connectivity index (χ1v) is 4.35. The van der Waals surface area contributed by atoms with E-state index < -0.39 is 0 Å². The average Bonchev–Trinajstić information content (AvgIpc) is 1.90. The number of rotatable bonds is 5. The highest BCUT2D eigenvalue weighted by Crippen LogP contribution is 2.16. The summed E-state index contributed by atoms with van der Waals surface area (Å²) in [6.07, 6.45) is 5.20. The Kier molecular flexibility index (Phi) is 5.38. The molecule has 0 aromatic carbocycles. The summed E-state index contributed by atoms with van der Waals surface area (Å²) in [4.78, 5) is 0. The van der Waals surface area contributed by atoms with Crippen LogP contribution < -0.4 is 0 Å². The van der Waals surface area contributed by atoms with Crippen molar-refractivity contribution < 1.29 is 0 Å². The summed E-state index contributed by atoms with van der Waals surface area (Å²) in [5.41, 5.74) is 1.33. The minimum Gasteiger partial charge on any atom is -0.100 e. The van der Waals surface area contributed by atoms with Crippen LogP contribution in [0.3, 0.4) is 0 Å². The van der Waals surface area contributed by atoms with Crippen LogP contribution in [0.5, 0.6) is 0 Å². The van der Waals surface area contributed by atoms with Gasteiger partial charge in [0.2, 0.25) is 0 Å². The Morgan fingerprint density at radius 2 is 1.80 bits per heavy atom. The molecule has 10 heavy (non-hydrogen) atoms. The lowest BCUT2D eigenvalue weighted by Crippen LogP contribution is -1.96. The molecule has 0 unspecified atom stereocenters. The first-order chi connectivity index (χ1) is 4.70. The number of allylic oxidation sites excluding steroid dienone is 1. The Balaban J connectivity index is 3.34. The van der Waals surface area contributed by atoms with Crippen LogP contribution in [0.1, 0.15) is 46.5 Å². The van der Waals surface area contributed by atoms with Crippen molar-refractivity contribution in [2.45, 2.75) is 46.5 Å². The van der Waals surface area contributed by atoms with Crippen LogP contribution in [0.25, 0.3) is 0 Å². The van der Waals surface area contributed by atoms with E-state index in [4.69, 9.17) is 0 Å². The van der Waals surface area contributed by atoms with Crippen molar-refractivity contribution in [3.63, 3.8) is 0 Å². The van der Waals surface area contributed by atoms with Gasteiger partial charge in [-0.05, 0) is 25.7 Å². The van der Waals surface area contributed by atoms with E-state index in [0.29, 0.717) is 0 Å². The lowest BCUT2D eigenvalue weighted by Gasteiger charge is -2.10. The lowest BCUT2D eigenvalue weighted by molar-refractivity contribution is 0.456. The van der Waals surface area contributed by atoms with Crippen molar-refractivity contribution in [1.82, 2.24) is 0 Å². The smallest absolute Gasteiger partial charge is 0.0323 e. The third-order valence-electron chi connectivity index (χ3n) is 2.13. The topological polar surface area (TPSA) is 0 Å². The standard InChI is InChI=1S/C10H20/c1-5-10(6-2)8-7-9(3)4/h10H,3,5-8H2,1-2,4H3. The van der Waals surface area contributed by atoms with Gasteiger partial charge in [0.1, 0.15) is 0 Å². The molecule has 0 atom stereocenters. The largest absolute Gasteiger partial charge is 0.100 e. The molecule has 0 spiro atoms. The zero-order valence-corrected chi connectivity index (χ0v) is 7.61. The van der Waals surface area contributed by atoms with Gasteiger partial charge in [-0.25, -0.2) is 0 Å². The molecule has 60 valence electrons. The zero-order valence-electron chi connectivity index (χ0n) is 7.61. The third kappa shape index (κ3) is 4.60. The van der Waals surface area contributed by atoms with Crippen LogP contribution in [-0.2, 0) is 0 Å². The quantitative estimate of drug-likeness (QED) is 0.510. The highest BCUT2D eigenvalue weighted by atomic mass is 14.1. The fourth-order valence-corrected chi connectivity index (χ4v) is 1.15. The molecule has 0 amide bonds. The van der Waals surface area contributed by atoms with Crippen LogP contribution in [0.4, 0.5) is 0 Å². The predicted molar refractivity (Wildman–Crippen MR) is 48.1 cm³/mol. The Labute approximate surface area is 65.3 Å². The Morgan fingerprint density at radius 3 is 2.10 bits per heavy atom. The minimum absolute atomic E-state index is 0.927. The monoisotopic (exact) mass is 140 g/mol. The summed E-state index contributed by atoms with van der Waals surface area (Å²) in [6.45, 7) is 10.5. The first-order valence-electron chi connectivity index (χ1n) is 4.35. The van der Waals surface area contributed by atoms with Crippen LogP contribution in [-0.4, -0.2) is 0 Å². The summed E-state index contributed by atoms with van der Waals surface area (Å²) >= 11 is 0. The summed E-state index contributed by atoms with van der Waals surface area (Å²) in [5, 5.41) is 0. The molecule has 0 aromatic rings. The molecule has 0 radical (unpaired) electrons. The van der Waals surface area contributed by atoms with Gasteiger partial charge in [0.25, 0.3) is 0 Å². The van der Waals surface area contributed by atoms with Crippen molar-refractivity contribution in [2.75, 3.05) is 0 Å². The van der Waals surface area contributed by atoms with Crippen LogP contribution >= 0.6 is 0 Å². The van der Waals surface area contributed by atoms with Gasteiger partial charge in [0.15, 0.2) is 0 Å². The van der Waals surface area contributed by atoms with Crippen molar-refractivity contribution in [1.29, 1.82) is 0 Å². The molecule has 0 saturated carbocycles. The maximum atomic E-state index is 3.90. The average molecular weight is 140 g/mol. The van der Waals surface area contributed by atoms with E-state index in [0.717, 1.165) is 5.92 Å². The van der Waals surface area contributed by atoms with E-state index >= 15 is 0 Å². The van der Waals surface area contributed by atoms with Crippen LogP contribution in [0.2, 0.25) is 0 Å². The molecule has 0 bridgehead atoms. The fourth-order valence-electron chi connectivity index (χ4n) is 1.15. The molecular weight excluding hydrogens is 120 g/mol. The van der Waals surface area contributed by atoms with Gasteiger partial charge in [-0.2, -0.15) is 0 Å². The van der Waals surface area contributed by atoms with Gasteiger partial charge < -0.3 is 0 Å². The molecule has 0 nitrogen and oxygen atoms in total. The zero-order chi connectivity index (χ0) is 7.98. The van der Waals surface area contributed by atoms with E-state index in [9.17, 15) is 0 Å². The minimum atomic E-state index is 0.927. The molecule has 0 rings (SSSR count). The molecule has 0 saturated heterocycles. The van der Waals surface area contributed by atoms with Crippen LogP contribution in [0, 0.1) is 5.92 Å². The van der Waals surface area contributed by atoms with E-state index in [1.807, 2.05) is 0 Å². The molecule has 0 N–H and O–H groups in total. The maximum absolute atomic E-state index is 3.90. The van der Waals surface area contributed by atoms with E-state index in [2.05, 4.69) is 27.4 Å².